The maximum atomic E-state index is 12.9. The van der Waals surface area contributed by atoms with Crippen LogP contribution in [0.1, 0.15) is 32.0 Å². The molecule has 1 N–H and O–H groups in total. The van der Waals surface area contributed by atoms with Crippen LogP contribution in [0.4, 0.5) is 16.2 Å². The van der Waals surface area contributed by atoms with Gasteiger partial charge in [-0.1, -0.05) is 0 Å². The van der Waals surface area contributed by atoms with Crippen LogP contribution >= 0.6 is 0 Å². The number of nitrogens with one attached hydrogen (secondary N) is 1. The topological polar surface area (TPSA) is 158 Å². The van der Waals surface area contributed by atoms with E-state index in [9.17, 15) is 24.5 Å². The minimum absolute atomic E-state index is 0.0582. The fraction of sp³-hybridized carbons (Fsp3) is 0.550. The van der Waals surface area contributed by atoms with Gasteiger partial charge in [0.25, 0.3) is 0 Å². The second-order valence-corrected chi connectivity index (χ2v) is 7.81. The van der Waals surface area contributed by atoms with E-state index in [-0.39, 0.29) is 36.6 Å². The molecule has 0 bridgehead atoms. The molecule has 3 heterocycles. The summed E-state index contributed by atoms with van der Waals surface area (Å²) < 4.78 is 7.83. The molecule has 2 aromatic rings. The number of nitro groups is 1. The molecule has 14 nitrogen and oxygen atoms in total. The smallest absolute Gasteiger partial charge is 0.409 e. The summed E-state index contributed by atoms with van der Waals surface area (Å²) in [4.78, 5) is 50.5. The highest BCUT2D eigenvalue weighted by Gasteiger charge is 2.29. The summed E-state index contributed by atoms with van der Waals surface area (Å²) in [5.41, 5.74) is 0.886. The highest BCUT2D eigenvalue weighted by molar-refractivity contribution is 5.91. The van der Waals surface area contributed by atoms with Crippen LogP contribution in [-0.4, -0.2) is 85.0 Å². The van der Waals surface area contributed by atoms with E-state index in [0.29, 0.717) is 44.2 Å². The first kappa shape index (κ1) is 24.7. The molecule has 1 fully saturated rings. The Balaban J connectivity index is 1.53. The number of piperazine rings is 1. The summed E-state index contributed by atoms with van der Waals surface area (Å²) in [6.07, 6.45) is 3.67. The third-order valence-corrected chi connectivity index (χ3v) is 5.46. The zero-order valence-corrected chi connectivity index (χ0v) is 19.3. The van der Waals surface area contributed by atoms with E-state index in [1.165, 1.54) is 15.6 Å². The molecule has 1 aliphatic heterocycles. The number of hydrogen-bond acceptors (Lipinski definition) is 8. The Labute approximate surface area is 195 Å². The predicted octanol–water partition coefficient (Wildman–Crippen LogP) is 1.19. The van der Waals surface area contributed by atoms with E-state index in [4.69, 9.17) is 4.74 Å². The molecule has 0 aliphatic carbocycles. The minimum Gasteiger partial charge on any atom is -0.450 e. The number of rotatable bonds is 8. The first-order valence-corrected chi connectivity index (χ1v) is 10.9. The summed E-state index contributed by atoms with van der Waals surface area (Å²) >= 11 is 0. The van der Waals surface area contributed by atoms with Crippen LogP contribution in [-0.2, 0) is 20.9 Å². The lowest BCUT2D eigenvalue weighted by atomic mass is 10.2. The van der Waals surface area contributed by atoms with Crippen LogP contribution in [0.25, 0.3) is 0 Å². The van der Waals surface area contributed by atoms with Crippen LogP contribution in [0.5, 0.6) is 0 Å². The van der Waals surface area contributed by atoms with Crippen LogP contribution in [0, 0.1) is 17.0 Å². The number of carbonyl (C=O) groups excluding carboxylic acids is 3. The molecule has 1 unspecified atom stereocenters. The minimum atomic E-state index is -0.594. The second kappa shape index (κ2) is 10.8. The van der Waals surface area contributed by atoms with E-state index in [1.807, 2.05) is 0 Å². The van der Waals surface area contributed by atoms with Crippen LogP contribution in [0.2, 0.25) is 0 Å². The molecule has 0 spiro atoms. The highest BCUT2D eigenvalue weighted by Crippen LogP contribution is 2.19. The first-order valence-electron chi connectivity index (χ1n) is 10.9. The van der Waals surface area contributed by atoms with Crippen LogP contribution in [0.3, 0.4) is 0 Å². The van der Waals surface area contributed by atoms with Crippen LogP contribution in [0.15, 0.2) is 18.6 Å². The van der Waals surface area contributed by atoms with Crippen molar-refractivity contribution in [2.45, 2.75) is 39.8 Å². The van der Waals surface area contributed by atoms with Gasteiger partial charge in [0, 0.05) is 45.3 Å². The zero-order valence-electron chi connectivity index (χ0n) is 19.3. The lowest BCUT2D eigenvalue weighted by Crippen LogP contribution is -2.52. The zero-order chi connectivity index (χ0) is 24.8. The molecule has 14 heteroatoms. The molecule has 0 aromatic carbocycles. The molecular weight excluding hydrogens is 448 g/mol. The summed E-state index contributed by atoms with van der Waals surface area (Å²) in [5.74, 6) is -0.445. The van der Waals surface area contributed by atoms with Crippen molar-refractivity contribution in [2.24, 2.45) is 0 Å². The van der Waals surface area contributed by atoms with Gasteiger partial charge in [-0.25, -0.2) is 4.79 Å². The van der Waals surface area contributed by atoms with Crippen molar-refractivity contribution in [1.82, 2.24) is 29.4 Å². The number of amides is 3. The second-order valence-electron chi connectivity index (χ2n) is 7.81. The maximum Gasteiger partial charge on any atom is 0.409 e. The summed E-state index contributed by atoms with van der Waals surface area (Å²) in [6, 6.07) is -0.594. The van der Waals surface area contributed by atoms with Gasteiger partial charge in [-0.2, -0.15) is 10.2 Å². The van der Waals surface area contributed by atoms with E-state index in [0.717, 1.165) is 6.20 Å². The van der Waals surface area contributed by atoms with E-state index in [1.54, 1.807) is 36.8 Å². The summed E-state index contributed by atoms with van der Waals surface area (Å²) in [6.45, 7) is 7.27. The molecule has 3 rings (SSSR count). The van der Waals surface area contributed by atoms with Crippen molar-refractivity contribution in [3.8, 4) is 0 Å². The molecule has 0 saturated carbocycles. The van der Waals surface area contributed by atoms with Crippen molar-refractivity contribution in [3.05, 3.63) is 34.4 Å². The molecule has 1 atom stereocenters. The Hall–Kier alpha value is -3.97. The molecule has 1 aliphatic rings. The van der Waals surface area contributed by atoms with Gasteiger partial charge >= 0.3 is 11.8 Å². The van der Waals surface area contributed by atoms with Gasteiger partial charge in [-0.15, -0.1) is 0 Å². The molecule has 2 aromatic heterocycles. The van der Waals surface area contributed by atoms with Crippen molar-refractivity contribution < 1.29 is 24.0 Å². The lowest BCUT2D eigenvalue weighted by Gasteiger charge is -2.35. The number of aryl methyl sites for hydroxylation is 2. The fourth-order valence-corrected chi connectivity index (χ4v) is 3.50. The number of anilines is 1. The summed E-state index contributed by atoms with van der Waals surface area (Å²) in [5, 5.41) is 21.7. The van der Waals surface area contributed by atoms with Gasteiger partial charge in [-0.05, 0) is 20.8 Å². The molecule has 1 saturated heterocycles. The quantitative estimate of drug-likeness (QED) is 0.439. The Bertz CT molecular complexity index is 1060. The van der Waals surface area contributed by atoms with Crippen LogP contribution < -0.4 is 5.32 Å². The number of aromatic nitrogens is 4. The van der Waals surface area contributed by atoms with E-state index < -0.39 is 11.0 Å². The van der Waals surface area contributed by atoms with Crippen molar-refractivity contribution in [1.29, 1.82) is 0 Å². The molecule has 3 amide bonds. The van der Waals surface area contributed by atoms with Crippen molar-refractivity contribution in [3.63, 3.8) is 0 Å². The van der Waals surface area contributed by atoms with Gasteiger partial charge in [0.1, 0.15) is 18.4 Å². The van der Waals surface area contributed by atoms with Crippen molar-refractivity contribution in [2.75, 3.05) is 38.1 Å². The Morgan fingerprint density at radius 1 is 1.21 bits per heavy atom. The number of nitrogens with zero attached hydrogens (tertiary/aromatic N) is 7. The first-order chi connectivity index (χ1) is 16.2. The maximum absolute atomic E-state index is 12.9. The molecule has 0 radical (unpaired) electrons. The molecule has 184 valence electrons. The predicted molar refractivity (Wildman–Crippen MR) is 119 cm³/mol. The average Bonchev–Trinajstić information content (AvgIpc) is 3.44. The number of carbonyl (C=O) groups is 3. The normalized spacial score (nSPS) is 14.6. The largest absolute Gasteiger partial charge is 0.450 e. The van der Waals surface area contributed by atoms with Gasteiger partial charge in [0.05, 0.1) is 22.9 Å². The molecule has 34 heavy (non-hydrogen) atoms. The van der Waals surface area contributed by atoms with Gasteiger partial charge in [0.2, 0.25) is 11.8 Å². The van der Waals surface area contributed by atoms with Gasteiger partial charge in [-0.3, -0.25) is 29.1 Å². The average molecular weight is 476 g/mol. The third-order valence-electron chi connectivity index (χ3n) is 5.46. The lowest BCUT2D eigenvalue weighted by molar-refractivity contribution is -0.385. The number of ether oxygens (including phenoxy) is 1. The van der Waals surface area contributed by atoms with E-state index in [2.05, 4.69) is 15.5 Å². The SMILES string of the molecule is CCOC(=O)N1CCN(C(=O)C(C)n2cc(NC(=O)CCn3cc([N+](=O)[O-])cn3)c(C)n2)CC1. The van der Waals surface area contributed by atoms with Gasteiger partial charge < -0.3 is 19.9 Å². The Kier molecular flexibility index (Phi) is 7.81. The van der Waals surface area contributed by atoms with Gasteiger partial charge in [0.15, 0.2) is 0 Å². The standard InChI is InChI=1S/C20H28N8O6/c1-4-34-20(31)25-9-7-24(8-10-25)19(30)15(3)27-13-17(14(2)23-27)22-18(29)5-6-26-12-16(11-21-26)28(32)33/h11-13,15H,4-10H2,1-3H3,(H,22,29). The monoisotopic (exact) mass is 476 g/mol. The number of hydrogen-bond donors (Lipinski definition) is 1. The Morgan fingerprint density at radius 2 is 1.88 bits per heavy atom. The summed E-state index contributed by atoms with van der Waals surface area (Å²) in [7, 11) is 0. The van der Waals surface area contributed by atoms with Crippen molar-refractivity contribution >= 4 is 29.3 Å². The van der Waals surface area contributed by atoms with E-state index >= 15 is 0 Å². The highest BCUT2D eigenvalue weighted by atomic mass is 16.6. The Morgan fingerprint density at radius 3 is 2.50 bits per heavy atom. The third kappa shape index (κ3) is 5.88. The molecular formula is C20H28N8O6. The fourth-order valence-electron chi connectivity index (χ4n) is 3.50.